The Kier molecular flexibility index (Phi) is 6.70. The van der Waals surface area contributed by atoms with Gasteiger partial charge in [0.05, 0.1) is 34.7 Å². The summed E-state index contributed by atoms with van der Waals surface area (Å²) >= 11 is 0. The largest absolute Gasteiger partial charge is 0.378 e. The molecule has 0 unspecified atom stereocenters. The standard InChI is InChI=1S/C27H27FN4O4S/c1-18-3-4-26(19(2)13-18)37(34,35)30-23-17-32(16-20-5-7-29-8-6-20)24-15-25(31-9-11-36-12-10-31)22(28)14-21(24)27(23)33/h3-8,13-15,17,30H,9-12,16H2,1-2H3. The maximum atomic E-state index is 15.3. The summed E-state index contributed by atoms with van der Waals surface area (Å²) < 4.78 is 51.4. The lowest BCUT2D eigenvalue weighted by molar-refractivity contribution is 0.122. The first-order valence-electron chi connectivity index (χ1n) is 11.9. The number of morpholine rings is 1. The molecule has 10 heteroatoms. The summed E-state index contributed by atoms with van der Waals surface area (Å²) in [6.07, 6.45) is 4.79. The SMILES string of the molecule is Cc1ccc(S(=O)(=O)Nc2cn(Cc3ccncc3)c3cc(N4CCOCC4)c(F)cc3c2=O)c(C)c1. The summed E-state index contributed by atoms with van der Waals surface area (Å²) in [6, 6.07) is 11.5. The molecule has 2 aromatic carbocycles. The molecule has 4 aromatic rings. The Labute approximate surface area is 214 Å². The Hall–Kier alpha value is -3.76. The van der Waals surface area contributed by atoms with Gasteiger partial charge in [-0.2, -0.15) is 0 Å². The lowest BCUT2D eigenvalue weighted by Crippen LogP contribution is -2.36. The minimum atomic E-state index is -4.07. The maximum Gasteiger partial charge on any atom is 0.262 e. The molecule has 1 saturated heterocycles. The van der Waals surface area contributed by atoms with E-state index < -0.39 is 21.3 Å². The Morgan fingerprint density at radius 3 is 2.49 bits per heavy atom. The van der Waals surface area contributed by atoms with Crippen molar-refractivity contribution in [2.75, 3.05) is 35.9 Å². The molecule has 0 amide bonds. The van der Waals surface area contributed by atoms with Crippen molar-refractivity contribution in [3.05, 3.63) is 93.8 Å². The van der Waals surface area contributed by atoms with Crippen molar-refractivity contribution in [1.29, 1.82) is 0 Å². The molecule has 0 bridgehead atoms. The van der Waals surface area contributed by atoms with Gasteiger partial charge >= 0.3 is 0 Å². The molecule has 0 atom stereocenters. The van der Waals surface area contributed by atoms with Gasteiger partial charge in [-0.3, -0.25) is 14.5 Å². The molecular formula is C27H27FN4O4S. The topological polar surface area (TPSA) is 93.5 Å². The smallest absolute Gasteiger partial charge is 0.262 e. The minimum Gasteiger partial charge on any atom is -0.378 e. The first-order valence-corrected chi connectivity index (χ1v) is 13.4. The molecule has 1 aliphatic heterocycles. The predicted molar refractivity (Wildman–Crippen MR) is 141 cm³/mol. The van der Waals surface area contributed by atoms with Gasteiger partial charge in [0.2, 0.25) is 5.43 Å². The molecule has 0 aliphatic carbocycles. The Bertz CT molecular complexity index is 1630. The van der Waals surface area contributed by atoms with Gasteiger partial charge in [-0.1, -0.05) is 17.7 Å². The maximum absolute atomic E-state index is 15.3. The minimum absolute atomic E-state index is 0.0760. The number of nitrogens with one attached hydrogen (secondary N) is 1. The molecule has 0 saturated carbocycles. The molecular weight excluding hydrogens is 495 g/mol. The average molecular weight is 523 g/mol. The highest BCUT2D eigenvalue weighted by atomic mass is 32.2. The fourth-order valence-corrected chi connectivity index (χ4v) is 5.91. The van der Waals surface area contributed by atoms with Crippen molar-refractivity contribution < 1.29 is 17.5 Å². The molecule has 1 aliphatic rings. The molecule has 0 spiro atoms. The second kappa shape index (κ2) is 9.95. The highest BCUT2D eigenvalue weighted by Crippen LogP contribution is 2.28. The van der Waals surface area contributed by atoms with Crippen LogP contribution in [0.1, 0.15) is 16.7 Å². The fourth-order valence-electron chi connectivity index (χ4n) is 4.63. The van der Waals surface area contributed by atoms with Gasteiger partial charge in [0, 0.05) is 38.2 Å². The van der Waals surface area contributed by atoms with Crippen LogP contribution in [0.15, 0.2) is 70.7 Å². The van der Waals surface area contributed by atoms with E-state index in [1.54, 1.807) is 42.1 Å². The zero-order valence-corrected chi connectivity index (χ0v) is 21.4. The summed E-state index contributed by atoms with van der Waals surface area (Å²) in [4.78, 5) is 19.5. The van der Waals surface area contributed by atoms with Crippen molar-refractivity contribution in [2.45, 2.75) is 25.3 Å². The number of hydrogen-bond donors (Lipinski definition) is 1. The highest BCUT2D eigenvalue weighted by molar-refractivity contribution is 7.92. The third kappa shape index (κ3) is 5.07. The van der Waals surface area contributed by atoms with Crippen molar-refractivity contribution in [2.24, 2.45) is 0 Å². The number of hydrogen-bond acceptors (Lipinski definition) is 6. The molecule has 0 radical (unpaired) electrons. The number of aromatic nitrogens is 2. The number of rotatable bonds is 6. The number of pyridine rings is 2. The number of fused-ring (bicyclic) bond motifs is 1. The quantitative estimate of drug-likeness (QED) is 0.414. The Morgan fingerprint density at radius 1 is 1.05 bits per heavy atom. The summed E-state index contributed by atoms with van der Waals surface area (Å²) in [6.45, 7) is 5.94. The van der Waals surface area contributed by atoms with E-state index in [2.05, 4.69) is 9.71 Å². The molecule has 5 rings (SSSR count). The van der Waals surface area contributed by atoms with E-state index in [4.69, 9.17) is 4.74 Å². The van der Waals surface area contributed by atoms with E-state index in [9.17, 15) is 13.2 Å². The van der Waals surface area contributed by atoms with Crippen LogP contribution in [-0.4, -0.2) is 44.3 Å². The first-order chi connectivity index (χ1) is 17.7. The van der Waals surface area contributed by atoms with Gasteiger partial charge in [-0.15, -0.1) is 0 Å². The number of halogens is 1. The third-order valence-electron chi connectivity index (χ3n) is 6.47. The van der Waals surface area contributed by atoms with E-state index >= 15 is 4.39 Å². The van der Waals surface area contributed by atoms with Crippen LogP contribution in [0.3, 0.4) is 0 Å². The van der Waals surface area contributed by atoms with E-state index in [1.807, 2.05) is 24.0 Å². The molecule has 2 aromatic heterocycles. The number of aryl methyl sites for hydroxylation is 2. The Morgan fingerprint density at radius 2 is 1.78 bits per heavy atom. The molecule has 1 N–H and O–H groups in total. The first kappa shape index (κ1) is 24.9. The van der Waals surface area contributed by atoms with Crippen LogP contribution in [0.25, 0.3) is 10.9 Å². The number of nitrogens with zero attached hydrogens (tertiary/aromatic N) is 3. The van der Waals surface area contributed by atoms with Gasteiger partial charge in [0.25, 0.3) is 10.0 Å². The lowest BCUT2D eigenvalue weighted by atomic mass is 10.1. The van der Waals surface area contributed by atoms with E-state index in [0.717, 1.165) is 11.1 Å². The van der Waals surface area contributed by atoms with Crippen LogP contribution in [0, 0.1) is 19.7 Å². The lowest BCUT2D eigenvalue weighted by Gasteiger charge is -2.29. The number of benzene rings is 2. The zero-order valence-electron chi connectivity index (χ0n) is 20.6. The van der Waals surface area contributed by atoms with Crippen molar-refractivity contribution in [3.8, 4) is 0 Å². The second-order valence-corrected chi connectivity index (χ2v) is 10.8. The van der Waals surface area contributed by atoms with Crippen molar-refractivity contribution >= 4 is 32.3 Å². The summed E-state index contributed by atoms with van der Waals surface area (Å²) in [7, 11) is -4.07. The normalized spacial score (nSPS) is 14.2. The summed E-state index contributed by atoms with van der Waals surface area (Å²) in [5, 5.41) is 0.0874. The van der Waals surface area contributed by atoms with Crippen LogP contribution in [0.4, 0.5) is 15.8 Å². The highest BCUT2D eigenvalue weighted by Gasteiger charge is 2.22. The summed E-state index contributed by atoms with van der Waals surface area (Å²) in [5.74, 6) is -0.545. The second-order valence-electron chi connectivity index (χ2n) is 9.15. The van der Waals surface area contributed by atoms with Gasteiger partial charge in [0.15, 0.2) is 0 Å². The average Bonchev–Trinajstić information content (AvgIpc) is 2.87. The van der Waals surface area contributed by atoms with Crippen LogP contribution in [0.5, 0.6) is 0 Å². The number of ether oxygens (including phenoxy) is 1. The zero-order chi connectivity index (χ0) is 26.2. The van der Waals surface area contributed by atoms with E-state index in [1.165, 1.54) is 18.3 Å². The van der Waals surface area contributed by atoms with Gasteiger partial charge in [-0.05, 0) is 55.3 Å². The van der Waals surface area contributed by atoms with Crippen molar-refractivity contribution in [3.63, 3.8) is 0 Å². The van der Waals surface area contributed by atoms with Crippen LogP contribution < -0.4 is 15.1 Å². The number of sulfonamides is 1. The fraction of sp³-hybridized carbons (Fsp3) is 0.259. The van der Waals surface area contributed by atoms with Gasteiger partial charge < -0.3 is 14.2 Å². The third-order valence-corrected chi connectivity index (χ3v) is 7.99. The summed E-state index contributed by atoms with van der Waals surface area (Å²) in [5.41, 5.74) is 2.50. The molecule has 3 heterocycles. The Balaban J connectivity index is 1.66. The van der Waals surface area contributed by atoms with Crippen LogP contribution in [0.2, 0.25) is 0 Å². The molecule has 192 valence electrons. The molecule has 1 fully saturated rings. The van der Waals surface area contributed by atoms with E-state index in [-0.39, 0.29) is 16.0 Å². The van der Waals surface area contributed by atoms with E-state index in [0.29, 0.717) is 49.6 Å². The molecule has 37 heavy (non-hydrogen) atoms. The number of anilines is 2. The monoisotopic (exact) mass is 522 g/mol. The van der Waals surface area contributed by atoms with Crippen LogP contribution >= 0.6 is 0 Å². The van der Waals surface area contributed by atoms with Gasteiger partial charge in [0.1, 0.15) is 11.5 Å². The predicted octanol–water partition coefficient (Wildman–Crippen LogP) is 3.84. The van der Waals surface area contributed by atoms with Gasteiger partial charge in [-0.25, -0.2) is 12.8 Å². The van der Waals surface area contributed by atoms with Crippen molar-refractivity contribution in [1.82, 2.24) is 9.55 Å². The van der Waals surface area contributed by atoms with Crippen LogP contribution in [-0.2, 0) is 21.3 Å². The molecule has 8 nitrogen and oxygen atoms in total.